The molecule has 0 aliphatic heterocycles. The molecule has 1 amide bonds. The zero-order valence-corrected chi connectivity index (χ0v) is 13.7. The van der Waals surface area contributed by atoms with Gasteiger partial charge in [0.25, 0.3) is 0 Å². The third-order valence-corrected chi connectivity index (χ3v) is 3.47. The van der Waals surface area contributed by atoms with E-state index in [-0.39, 0.29) is 12.5 Å². The summed E-state index contributed by atoms with van der Waals surface area (Å²) in [5.74, 6) is 0.464. The van der Waals surface area contributed by atoms with E-state index in [0.717, 1.165) is 5.76 Å². The number of furan rings is 1. The van der Waals surface area contributed by atoms with Gasteiger partial charge in [-0.2, -0.15) is 0 Å². The Morgan fingerprint density at radius 3 is 2.77 bits per heavy atom. The Hall–Kier alpha value is -1.76. The molecule has 5 nitrogen and oxygen atoms in total. The van der Waals surface area contributed by atoms with Gasteiger partial charge in [0.1, 0.15) is 5.76 Å². The van der Waals surface area contributed by atoms with Gasteiger partial charge in [0.05, 0.1) is 30.1 Å². The predicted octanol–water partition coefficient (Wildman–Crippen LogP) is 3.19. The van der Waals surface area contributed by atoms with Crippen LogP contribution in [-0.2, 0) is 11.3 Å². The lowest BCUT2D eigenvalue weighted by atomic mass is 10.3. The first-order valence-corrected chi connectivity index (χ1v) is 7.50. The number of anilines is 1. The Morgan fingerprint density at radius 1 is 1.23 bits per heavy atom. The van der Waals surface area contributed by atoms with Gasteiger partial charge in [-0.3, -0.25) is 4.79 Å². The quantitative estimate of drug-likeness (QED) is 0.717. The Morgan fingerprint density at radius 2 is 2.05 bits per heavy atom. The minimum atomic E-state index is -0.286. The van der Waals surface area contributed by atoms with Crippen LogP contribution in [0.5, 0.6) is 0 Å². The summed E-state index contributed by atoms with van der Waals surface area (Å²) in [4.78, 5) is 11.8. The van der Waals surface area contributed by atoms with Crippen molar-refractivity contribution in [2.24, 2.45) is 0 Å². The fourth-order valence-corrected chi connectivity index (χ4v) is 2.07. The molecule has 0 atom stereocenters. The fraction of sp³-hybridized carbons (Fsp3) is 0.143. The zero-order valence-electron chi connectivity index (χ0n) is 11.4. The van der Waals surface area contributed by atoms with E-state index in [1.165, 1.54) is 0 Å². The zero-order chi connectivity index (χ0) is 15.9. The number of carbonyl (C=O) groups excluding carboxylic acids is 1. The van der Waals surface area contributed by atoms with E-state index in [1.807, 2.05) is 6.07 Å². The number of halogens is 2. The average molecular weight is 358 g/mol. The molecule has 0 aliphatic rings. The second-order valence-corrected chi connectivity index (χ2v) is 5.54. The van der Waals surface area contributed by atoms with Gasteiger partial charge in [-0.25, -0.2) is 0 Å². The maximum Gasteiger partial charge on any atom is 0.243 e. The van der Waals surface area contributed by atoms with Crippen molar-refractivity contribution in [3.05, 3.63) is 52.4 Å². The molecule has 116 valence electrons. The van der Waals surface area contributed by atoms with Gasteiger partial charge >= 0.3 is 0 Å². The molecule has 0 aliphatic carbocycles. The molecule has 0 radical (unpaired) electrons. The van der Waals surface area contributed by atoms with Crippen LogP contribution in [0.2, 0.25) is 10.0 Å². The molecule has 2 rings (SSSR count). The number of hydrogen-bond donors (Lipinski definition) is 3. The van der Waals surface area contributed by atoms with Gasteiger partial charge in [-0.1, -0.05) is 23.2 Å². The molecule has 0 saturated carbocycles. The fourth-order valence-electron chi connectivity index (χ4n) is 1.59. The normalized spacial score (nSPS) is 10.1. The molecular formula is C14H13Cl2N3O2S. The van der Waals surface area contributed by atoms with Gasteiger partial charge in [-0.15, -0.1) is 0 Å². The number of nitrogens with one attached hydrogen (secondary N) is 3. The number of rotatable bonds is 5. The Balaban J connectivity index is 1.75. The molecule has 0 fully saturated rings. The molecule has 1 heterocycles. The van der Waals surface area contributed by atoms with Crippen molar-refractivity contribution in [2.45, 2.75) is 6.54 Å². The summed E-state index contributed by atoms with van der Waals surface area (Å²) in [6, 6.07) is 8.45. The molecule has 8 heteroatoms. The molecule has 1 aromatic heterocycles. The lowest BCUT2D eigenvalue weighted by Crippen LogP contribution is -2.39. The summed E-state index contributed by atoms with van der Waals surface area (Å²) in [6.07, 6.45) is 1.58. The monoisotopic (exact) mass is 357 g/mol. The summed E-state index contributed by atoms with van der Waals surface area (Å²) in [5.41, 5.74) is 0.454. The van der Waals surface area contributed by atoms with E-state index in [9.17, 15) is 4.79 Å². The van der Waals surface area contributed by atoms with Crippen molar-refractivity contribution in [3.63, 3.8) is 0 Å². The molecule has 0 bridgehead atoms. The molecule has 2 aromatic rings. The van der Waals surface area contributed by atoms with Crippen LogP contribution in [0.25, 0.3) is 0 Å². The largest absolute Gasteiger partial charge is 0.467 e. The molecular weight excluding hydrogens is 345 g/mol. The Labute approximate surface area is 143 Å². The Bertz CT molecular complexity index is 662. The van der Waals surface area contributed by atoms with Gasteiger partial charge in [0, 0.05) is 5.02 Å². The molecule has 3 N–H and O–H groups in total. The van der Waals surface area contributed by atoms with Crippen LogP contribution in [0.4, 0.5) is 5.69 Å². The van der Waals surface area contributed by atoms with Crippen LogP contribution in [0.3, 0.4) is 0 Å². The van der Waals surface area contributed by atoms with Crippen molar-refractivity contribution in [3.8, 4) is 0 Å². The molecule has 22 heavy (non-hydrogen) atoms. The van der Waals surface area contributed by atoms with Crippen LogP contribution in [-0.4, -0.2) is 17.6 Å². The van der Waals surface area contributed by atoms with E-state index in [1.54, 1.807) is 30.5 Å². The third-order valence-electron chi connectivity index (χ3n) is 2.62. The van der Waals surface area contributed by atoms with E-state index in [4.69, 9.17) is 39.8 Å². The van der Waals surface area contributed by atoms with Crippen LogP contribution >= 0.6 is 35.4 Å². The van der Waals surface area contributed by atoms with Crippen molar-refractivity contribution in [1.82, 2.24) is 10.6 Å². The lowest BCUT2D eigenvalue weighted by molar-refractivity contribution is -0.115. The predicted molar refractivity (Wildman–Crippen MR) is 91.2 cm³/mol. The topological polar surface area (TPSA) is 66.3 Å². The smallest absolute Gasteiger partial charge is 0.243 e. The summed E-state index contributed by atoms with van der Waals surface area (Å²) >= 11 is 16.9. The van der Waals surface area contributed by atoms with Gasteiger partial charge in [-0.05, 0) is 42.5 Å². The Kier molecular flexibility index (Phi) is 6.06. The second-order valence-electron chi connectivity index (χ2n) is 4.29. The van der Waals surface area contributed by atoms with E-state index in [2.05, 4.69) is 16.0 Å². The highest BCUT2D eigenvalue weighted by Crippen LogP contribution is 2.25. The summed E-state index contributed by atoms with van der Waals surface area (Å²) in [5, 5.41) is 9.62. The highest BCUT2D eigenvalue weighted by atomic mass is 35.5. The van der Waals surface area contributed by atoms with Crippen molar-refractivity contribution in [1.29, 1.82) is 0 Å². The summed E-state index contributed by atoms with van der Waals surface area (Å²) in [7, 11) is 0. The molecule has 1 aromatic carbocycles. The maximum atomic E-state index is 11.8. The number of carbonyl (C=O) groups is 1. The molecule has 0 unspecified atom stereocenters. The maximum absolute atomic E-state index is 11.8. The van der Waals surface area contributed by atoms with Crippen LogP contribution in [0.15, 0.2) is 41.0 Å². The van der Waals surface area contributed by atoms with Crippen LogP contribution < -0.4 is 16.0 Å². The highest BCUT2D eigenvalue weighted by molar-refractivity contribution is 7.80. The van der Waals surface area contributed by atoms with Crippen LogP contribution in [0.1, 0.15) is 5.76 Å². The van der Waals surface area contributed by atoms with Crippen molar-refractivity contribution < 1.29 is 9.21 Å². The minimum absolute atomic E-state index is 0.00678. The number of hydrogen-bond acceptors (Lipinski definition) is 3. The third kappa shape index (κ3) is 5.22. The van der Waals surface area contributed by atoms with E-state index < -0.39 is 0 Å². The second kappa shape index (κ2) is 8.03. The highest BCUT2D eigenvalue weighted by Gasteiger charge is 2.07. The van der Waals surface area contributed by atoms with Crippen molar-refractivity contribution >= 4 is 52.1 Å². The van der Waals surface area contributed by atoms with E-state index in [0.29, 0.717) is 27.4 Å². The van der Waals surface area contributed by atoms with Gasteiger partial charge in [0.15, 0.2) is 5.11 Å². The average Bonchev–Trinajstić information content (AvgIpc) is 3.00. The minimum Gasteiger partial charge on any atom is -0.467 e. The number of benzene rings is 1. The van der Waals surface area contributed by atoms with Gasteiger partial charge < -0.3 is 20.4 Å². The first kappa shape index (κ1) is 16.6. The molecule has 0 spiro atoms. The van der Waals surface area contributed by atoms with E-state index >= 15 is 0 Å². The first-order chi connectivity index (χ1) is 10.5. The van der Waals surface area contributed by atoms with Crippen molar-refractivity contribution in [2.75, 3.05) is 11.9 Å². The summed E-state index contributed by atoms with van der Waals surface area (Å²) < 4.78 is 5.16. The number of amides is 1. The van der Waals surface area contributed by atoms with Gasteiger partial charge in [0.2, 0.25) is 5.91 Å². The number of thiocarbonyl (C=S) groups is 1. The molecule has 0 saturated heterocycles. The lowest BCUT2D eigenvalue weighted by Gasteiger charge is -2.11. The van der Waals surface area contributed by atoms with Crippen LogP contribution in [0, 0.1) is 0 Å². The standard InChI is InChI=1S/C14H13Cl2N3O2S/c15-9-3-4-11(16)12(6-9)19-13(20)8-18-14(22)17-7-10-2-1-5-21-10/h1-6H,7-8H2,(H,19,20)(H2,17,18,22). The first-order valence-electron chi connectivity index (χ1n) is 6.33. The SMILES string of the molecule is O=C(CNC(=S)NCc1ccco1)Nc1cc(Cl)ccc1Cl. The summed E-state index contributed by atoms with van der Waals surface area (Å²) in [6.45, 7) is 0.452.